The van der Waals surface area contributed by atoms with Crippen LogP contribution in [0.1, 0.15) is 12.5 Å². The highest BCUT2D eigenvalue weighted by Crippen LogP contribution is 2.20. The maximum absolute atomic E-state index is 12.4. The van der Waals surface area contributed by atoms with Gasteiger partial charge in [0.05, 0.1) is 12.8 Å². The molecule has 7 nitrogen and oxygen atoms in total. The van der Waals surface area contributed by atoms with Crippen molar-refractivity contribution in [2.75, 3.05) is 26.7 Å². The average Bonchev–Trinajstić information content (AvgIpc) is 2.81. The van der Waals surface area contributed by atoms with Gasteiger partial charge in [0.2, 0.25) is 0 Å². The predicted octanol–water partition coefficient (Wildman–Crippen LogP) is -0.773. The second kappa shape index (κ2) is 4.96. The Labute approximate surface area is 106 Å². The third-order valence-corrected chi connectivity index (χ3v) is 5.25. The van der Waals surface area contributed by atoms with Crippen LogP contribution in [0, 0.1) is 0 Å². The highest BCUT2D eigenvalue weighted by Gasteiger charge is 2.33. The molecule has 0 aromatic carbocycles. The number of aliphatic hydroxyl groups excluding tert-OH is 1. The van der Waals surface area contributed by atoms with E-state index in [-0.39, 0.29) is 17.7 Å². The Morgan fingerprint density at radius 3 is 2.89 bits per heavy atom. The monoisotopic (exact) mass is 274 g/mol. The van der Waals surface area contributed by atoms with Crippen molar-refractivity contribution in [3.05, 3.63) is 11.8 Å². The van der Waals surface area contributed by atoms with E-state index in [0.29, 0.717) is 25.2 Å². The zero-order valence-corrected chi connectivity index (χ0v) is 11.3. The number of rotatable bonds is 3. The lowest BCUT2D eigenvalue weighted by molar-refractivity contribution is 0.159. The van der Waals surface area contributed by atoms with Crippen molar-refractivity contribution < 1.29 is 13.5 Å². The minimum absolute atomic E-state index is 0.00162. The highest BCUT2D eigenvalue weighted by atomic mass is 32.2. The normalized spacial score (nSPS) is 23.4. The molecule has 1 aromatic heterocycles. The molecule has 0 radical (unpaired) electrons. The van der Waals surface area contributed by atoms with Gasteiger partial charge in [-0.3, -0.25) is 5.10 Å². The average molecular weight is 274 g/mol. The second-order valence-corrected chi connectivity index (χ2v) is 6.45. The summed E-state index contributed by atoms with van der Waals surface area (Å²) in [5.74, 6) is 0. The molecular formula is C10H18N4O3S. The van der Waals surface area contributed by atoms with Gasteiger partial charge in [0.15, 0.2) is 5.03 Å². The van der Waals surface area contributed by atoms with Crippen molar-refractivity contribution in [3.63, 3.8) is 0 Å². The van der Waals surface area contributed by atoms with E-state index in [4.69, 9.17) is 5.11 Å². The molecule has 0 aliphatic carbocycles. The van der Waals surface area contributed by atoms with Crippen molar-refractivity contribution in [2.24, 2.45) is 0 Å². The molecule has 8 heteroatoms. The molecule has 1 aromatic rings. The van der Waals surface area contributed by atoms with Crippen LogP contribution >= 0.6 is 0 Å². The lowest BCUT2D eigenvalue weighted by Gasteiger charge is -2.36. The summed E-state index contributed by atoms with van der Waals surface area (Å²) in [6.45, 7) is 3.24. The molecule has 18 heavy (non-hydrogen) atoms. The fourth-order valence-electron chi connectivity index (χ4n) is 2.00. The summed E-state index contributed by atoms with van der Waals surface area (Å²) in [6.07, 6.45) is 1.34. The molecule has 102 valence electrons. The summed E-state index contributed by atoms with van der Waals surface area (Å²) in [5.41, 5.74) is 0.307. The Morgan fingerprint density at radius 1 is 1.56 bits per heavy atom. The van der Waals surface area contributed by atoms with E-state index in [0.717, 1.165) is 0 Å². The van der Waals surface area contributed by atoms with Gasteiger partial charge in [0, 0.05) is 31.2 Å². The van der Waals surface area contributed by atoms with Gasteiger partial charge in [-0.2, -0.15) is 9.40 Å². The van der Waals surface area contributed by atoms with E-state index in [1.165, 1.54) is 10.5 Å². The van der Waals surface area contributed by atoms with Crippen LogP contribution in [-0.2, 0) is 16.6 Å². The number of nitrogens with zero attached hydrogens (tertiary/aromatic N) is 3. The lowest BCUT2D eigenvalue weighted by atomic mass is 10.2. The molecule has 1 saturated heterocycles. The van der Waals surface area contributed by atoms with E-state index in [1.807, 2.05) is 14.0 Å². The zero-order valence-electron chi connectivity index (χ0n) is 10.5. The van der Waals surface area contributed by atoms with Crippen LogP contribution in [0.15, 0.2) is 11.2 Å². The van der Waals surface area contributed by atoms with Gasteiger partial charge in [-0.25, -0.2) is 8.42 Å². The van der Waals surface area contributed by atoms with Gasteiger partial charge < -0.3 is 10.0 Å². The topological polar surface area (TPSA) is 89.5 Å². The second-order valence-electron chi connectivity index (χ2n) is 4.58. The number of nitrogens with one attached hydrogen (secondary N) is 1. The predicted molar refractivity (Wildman–Crippen MR) is 65.4 cm³/mol. The number of piperazine rings is 1. The third kappa shape index (κ3) is 2.28. The summed E-state index contributed by atoms with van der Waals surface area (Å²) in [5, 5.41) is 15.3. The van der Waals surface area contributed by atoms with E-state index >= 15 is 0 Å². The smallest absolute Gasteiger partial charge is 0.260 e. The van der Waals surface area contributed by atoms with E-state index in [9.17, 15) is 8.42 Å². The zero-order chi connectivity index (χ0) is 13.3. The number of H-pyrrole nitrogens is 1. The van der Waals surface area contributed by atoms with Gasteiger partial charge in [-0.15, -0.1) is 0 Å². The largest absolute Gasteiger partial charge is 0.392 e. The number of hydrogen-bond donors (Lipinski definition) is 2. The first-order valence-corrected chi connectivity index (χ1v) is 7.24. The Morgan fingerprint density at radius 2 is 2.28 bits per heavy atom. The molecule has 0 saturated carbocycles. The van der Waals surface area contributed by atoms with Crippen LogP contribution < -0.4 is 0 Å². The summed E-state index contributed by atoms with van der Waals surface area (Å²) in [7, 11) is -1.61. The minimum Gasteiger partial charge on any atom is -0.392 e. The number of aromatic nitrogens is 2. The molecule has 2 heterocycles. The minimum atomic E-state index is -3.59. The van der Waals surface area contributed by atoms with Gasteiger partial charge in [-0.05, 0) is 14.0 Å². The molecule has 2 rings (SSSR count). The summed E-state index contributed by atoms with van der Waals surface area (Å²) in [6, 6.07) is 0.175. The molecule has 1 aliphatic heterocycles. The SMILES string of the molecule is CC1CN(S(=O)(=O)c2[nH]ncc2CO)CCN1C. The maximum atomic E-state index is 12.4. The van der Waals surface area contributed by atoms with Crippen LogP contribution in [0.5, 0.6) is 0 Å². The number of aliphatic hydroxyl groups is 1. The van der Waals surface area contributed by atoms with Crippen molar-refractivity contribution in [1.82, 2.24) is 19.4 Å². The molecule has 1 atom stereocenters. The molecule has 0 spiro atoms. The number of hydrogen-bond acceptors (Lipinski definition) is 5. The van der Waals surface area contributed by atoms with Crippen LogP contribution in [0.25, 0.3) is 0 Å². The van der Waals surface area contributed by atoms with E-state index in [1.54, 1.807) is 0 Å². The molecule has 2 N–H and O–H groups in total. The third-order valence-electron chi connectivity index (χ3n) is 3.37. The number of sulfonamides is 1. The summed E-state index contributed by atoms with van der Waals surface area (Å²) >= 11 is 0. The molecule has 1 aliphatic rings. The summed E-state index contributed by atoms with van der Waals surface area (Å²) in [4.78, 5) is 2.12. The summed E-state index contributed by atoms with van der Waals surface area (Å²) < 4.78 is 26.2. The number of aromatic amines is 1. The standard InChI is InChI=1S/C10H18N4O3S/c1-8-6-14(4-3-13(8)2)18(16,17)10-9(7-15)5-11-12-10/h5,8,15H,3-4,6-7H2,1-2H3,(H,11,12). The fourth-order valence-corrected chi connectivity index (χ4v) is 3.61. The molecule has 1 fully saturated rings. The van der Waals surface area contributed by atoms with Crippen molar-refractivity contribution in [2.45, 2.75) is 24.6 Å². The lowest BCUT2D eigenvalue weighted by Crippen LogP contribution is -2.52. The fraction of sp³-hybridized carbons (Fsp3) is 0.700. The molecule has 1 unspecified atom stereocenters. The van der Waals surface area contributed by atoms with Crippen molar-refractivity contribution in [1.29, 1.82) is 0 Å². The molecule has 0 bridgehead atoms. The van der Waals surface area contributed by atoms with Crippen molar-refractivity contribution in [3.8, 4) is 0 Å². The first-order valence-electron chi connectivity index (χ1n) is 5.80. The maximum Gasteiger partial charge on any atom is 0.260 e. The Hall–Kier alpha value is -0.960. The van der Waals surface area contributed by atoms with Crippen LogP contribution in [0.4, 0.5) is 0 Å². The Kier molecular flexibility index (Phi) is 3.71. The van der Waals surface area contributed by atoms with Gasteiger partial charge in [0.1, 0.15) is 0 Å². The van der Waals surface area contributed by atoms with Crippen LogP contribution in [0.2, 0.25) is 0 Å². The van der Waals surface area contributed by atoms with E-state index in [2.05, 4.69) is 15.1 Å². The van der Waals surface area contributed by atoms with Gasteiger partial charge in [-0.1, -0.05) is 0 Å². The van der Waals surface area contributed by atoms with Crippen molar-refractivity contribution >= 4 is 10.0 Å². The molecular weight excluding hydrogens is 256 g/mol. The quantitative estimate of drug-likeness (QED) is 0.755. The van der Waals surface area contributed by atoms with Gasteiger partial charge in [0.25, 0.3) is 10.0 Å². The Bertz CT molecular complexity index is 513. The first kappa shape index (κ1) is 13.5. The van der Waals surface area contributed by atoms with Gasteiger partial charge >= 0.3 is 0 Å². The highest BCUT2D eigenvalue weighted by molar-refractivity contribution is 7.89. The Balaban J connectivity index is 2.27. The van der Waals surface area contributed by atoms with E-state index < -0.39 is 10.0 Å². The first-order chi connectivity index (χ1) is 8.46. The van der Waals surface area contributed by atoms with Crippen LogP contribution in [0.3, 0.4) is 0 Å². The van der Waals surface area contributed by atoms with Crippen LogP contribution in [-0.4, -0.2) is 65.7 Å². The molecule has 0 amide bonds. The number of likely N-dealkylation sites (N-methyl/N-ethyl adjacent to an activating group) is 1.